The van der Waals surface area contributed by atoms with Crippen LogP contribution < -0.4 is 11.5 Å². The Balaban J connectivity index is 1.77. The van der Waals surface area contributed by atoms with E-state index in [4.69, 9.17) is 11.5 Å². The summed E-state index contributed by atoms with van der Waals surface area (Å²) in [5, 5.41) is 1.61. The fourth-order valence-electron chi connectivity index (χ4n) is 3.06. The van der Waals surface area contributed by atoms with E-state index in [-0.39, 0.29) is 11.8 Å². The molecule has 3 rings (SSSR count). The number of nitrogens with two attached hydrogens (primary N) is 2. The second-order valence-corrected chi connectivity index (χ2v) is 5.98. The van der Waals surface area contributed by atoms with Gasteiger partial charge in [0.2, 0.25) is 5.91 Å². The second kappa shape index (κ2) is 6.41. The Morgan fingerprint density at radius 1 is 1.00 bits per heavy atom. The van der Waals surface area contributed by atoms with Crippen LogP contribution in [0.5, 0.6) is 0 Å². The van der Waals surface area contributed by atoms with Crippen LogP contribution in [0.25, 0.3) is 10.8 Å². The minimum atomic E-state index is -0.688. The average Bonchev–Trinajstić information content (AvgIpc) is 2.58. The first-order valence-electron chi connectivity index (χ1n) is 7.93. The third kappa shape index (κ3) is 2.76. The first-order chi connectivity index (χ1) is 11.5. The van der Waals surface area contributed by atoms with E-state index in [1.54, 1.807) is 12.1 Å². The van der Waals surface area contributed by atoms with Crippen LogP contribution in [-0.4, -0.2) is 35.2 Å². The van der Waals surface area contributed by atoms with Crippen LogP contribution in [0.1, 0.15) is 40.0 Å². The van der Waals surface area contributed by atoms with Crippen molar-refractivity contribution in [2.75, 3.05) is 6.54 Å². The van der Waals surface area contributed by atoms with Crippen LogP contribution >= 0.6 is 0 Å². The van der Waals surface area contributed by atoms with E-state index in [2.05, 4.69) is 0 Å². The van der Waals surface area contributed by atoms with E-state index < -0.39 is 11.9 Å². The van der Waals surface area contributed by atoms with Crippen LogP contribution in [0.4, 0.5) is 0 Å². The summed E-state index contributed by atoms with van der Waals surface area (Å²) in [6, 6.07) is 10.2. The van der Waals surface area contributed by atoms with Gasteiger partial charge in [-0.3, -0.25) is 19.3 Å². The zero-order chi connectivity index (χ0) is 17.3. The number of benzene rings is 2. The molecule has 0 saturated carbocycles. The quantitative estimate of drug-likeness (QED) is 0.618. The molecule has 0 bridgehead atoms. The molecule has 1 aliphatic heterocycles. The summed E-state index contributed by atoms with van der Waals surface area (Å²) in [5.74, 6) is -1.09. The molecule has 2 aromatic rings. The summed E-state index contributed by atoms with van der Waals surface area (Å²) in [5.41, 5.74) is 11.8. The molecule has 1 atom stereocenters. The highest BCUT2D eigenvalue weighted by atomic mass is 16.2. The summed E-state index contributed by atoms with van der Waals surface area (Å²) in [4.78, 5) is 37.5. The number of amides is 3. The lowest BCUT2D eigenvalue weighted by Crippen LogP contribution is -2.41. The summed E-state index contributed by atoms with van der Waals surface area (Å²) in [6.45, 7) is 0.299. The van der Waals surface area contributed by atoms with Crippen LogP contribution in [0.2, 0.25) is 0 Å². The highest BCUT2D eigenvalue weighted by molar-refractivity contribution is 6.25. The smallest absolute Gasteiger partial charge is 0.261 e. The molecule has 1 unspecified atom stereocenters. The van der Waals surface area contributed by atoms with Gasteiger partial charge in [-0.1, -0.05) is 24.3 Å². The minimum absolute atomic E-state index is 0.275. The SMILES string of the molecule is NC(=O)C(N)CCCCN1C(=O)c2cccc3cccc(c23)C1=O. The van der Waals surface area contributed by atoms with E-state index in [1.165, 1.54) is 4.90 Å². The molecule has 0 fully saturated rings. The molecule has 6 nitrogen and oxygen atoms in total. The maximum Gasteiger partial charge on any atom is 0.261 e. The summed E-state index contributed by atoms with van der Waals surface area (Å²) in [6.07, 6.45) is 1.64. The van der Waals surface area contributed by atoms with Crippen LogP contribution in [0.15, 0.2) is 36.4 Å². The van der Waals surface area contributed by atoms with Gasteiger partial charge in [-0.05, 0) is 36.8 Å². The maximum absolute atomic E-state index is 12.7. The molecule has 0 spiro atoms. The molecule has 2 aromatic carbocycles. The van der Waals surface area contributed by atoms with Gasteiger partial charge in [0, 0.05) is 23.1 Å². The molecule has 0 saturated heterocycles. The van der Waals surface area contributed by atoms with E-state index in [0.717, 1.165) is 10.8 Å². The monoisotopic (exact) mass is 325 g/mol. The number of primary amides is 1. The minimum Gasteiger partial charge on any atom is -0.368 e. The van der Waals surface area contributed by atoms with Gasteiger partial charge in [0.15, 0.2) is 0 Å². The molecule has 0 aromatic heterocycles. The van der Waals surface area contributed by atoms with Gasteiger partial charge in [-0.15, -0.1) is 0 Å². The number of imide groups is 1. The van der Waals surface area contributed by atoms with Gasteiger partial charge in [0.25, 0.3) is 11.8 Å². The maximum atomic E-state index is 12.7. The number of hydrogen-bond donors (Lipinski definition) is 2. The van der Waals surface area contributed by atoms with Gasteiger partial charge in [0.05, 0.1) is 6.04 Å². The van der Waals surface area contributed by atoms with Crippen molar-refractivity contribution in [1.82, 2.24) is 4.90 Å². The summed E-state index contributed by atoms with van der Waals surface area (Å²) >= 11 is 0. The fraction of sp³-hybridized carbons (Fsp3) is 0.278. The Bertz CT molecular complexity index is 781. The zero-order valence-corrected chi connectivity index (χ0v) is 13.2. The van der Waals surface area contributed by atoms with Crippen LogP contribution in [0, 0.1) is 0 Å². The lowest BCUT2D eigenvalue weighted by atomic mass is 9.94. The lowest BCUT2D eigenvalue weighted by Gasteiger charge is -2.27. The number of rotatable bonds is 6. The van der Waals surface area contributed by atoms with Crippen LogP contribution in [-0.2, 0) is 4.79 Å². The topological polar surface area (TPSA) is 106 Å². The van der Waals surface area contributed by atoms with Crippen molar-refractivity contribution in [2.45, 2.75) is 25.3 Å². The van der Waals surface area contributed by atoms with E-state index in [1.807, 2.05) is 24.3 Å². The van der Waals surface area contributed by atoms with E-state index in [0.29, 0.717) is 36.9 Å². The summed E-state index contributed by atoms with van der Waals surface area (Å²) in [7, 11) is 0. The highest BCUT2D eigenvalue weighted by Crippen LogP contribution is 2.30. The molecule has 124 valence electrons. The average molecular weight is 325 g/mol. The highest BCUT2D eigenvalue weighted by Gasteiger charge is 2.32. The number of unbranched alkanes of at least 4 members (excludes halogenated alkanes) is 1. The van der Waals surface area contributed by atoms with Crippen LogP contribution in [0.3, 0.4) is 0 Å². The molecule has 4 N–H and O–H groups in total. The molecular weight excluding hydrogens is 306 g/mol. The number of carbonyl (C=O) groups excluding carboxylic acids is 3. The Morgan fingerprint density at radius 3 is 2.12 bits per heavy atom. The van der Waals surface area contributed by atoms with Crippen molar-refractivity contribution in [1.29, 1.82) is 0 Å². The normalized spacial score (nSPS) is 15.0. The Kier molecular flexibility index (Phi) is 4.31. The van der Waals surface area contributed by atoms with Crippen molar-refractivity contribution < 1.29 is 14.4 Å². The first kappa shape index (κ1) is 16.1. The van der Waals surface area contributed by atoms with Crippen molar-refractivity contribution >= 4 is 28.5 Å². The predicted molar refractivity (Wildman–Crippen MR) is 90.3 cm³/mol. The second-order valence-electron chi connectivity index (χ2n) is 5.98. The molecule has 1 aliphatic rings. The Morgan fingerprint density at radius 2 is 1.58 bits per heavy atom. The van der Waals surface area contributed by atoms with E-state index in [9.17, 15) is 14.4 Å². The largest absolute Gasteiger partial charge is 0.368 e. The van der Waals surface area contributed by atoms with Crippen molar-refractivity contribution in [3.05, 3.63) is 47.5 Å². The molecule has 6 heteroatoms. The van der Waals surface area contributed by atoms with Gasteiger partial charge >= 0.3 is 0 Å². The Labute approximate surface area is 139 Å². The standard InChI is InChI=1S/C18H19N3O3/c19-14(16(20)22)9-1-2-10-21-17(23)12-7-3-5-11-6-4-8-13(15(11)12)18(21)24/h3-8,14H,1-2,9-10,19H2,(H2,20,22). The lowest BCUT2D eigenvalue weighted by molar-refractivity contribution is -0.119. The van der Waals surface area contributed by atoms with Crippen molar-refractivity contribution in [3.63, 3.8) is 0 Å². The third-order valence-corrected chi connectivity index (χ3v) is 4.37. The third-order valence-electron chi connectivity index (χ3n) is 4.37. The molecule has 3 amide bonds. The van der Waals surface area contributed by atoms with E-state index >= 15 is 0 Å². The van der Waals surface area contributed by atoms with Gasteiger partial charge in [-0.25, -0.2) is 0 Å². The number of carbonyl (C=O) groups is 3. The molecule has 0 radical (unpaired) electrons. The molecular formula is C18H19N3O3. The van der Waals surface area contributed by atoms with Gasteiger partial charge < -0.3 is 11.5 Å². The predicted octanol–water partition coefficient (Wildman–Crippen LogP) is 1.42. The number of nitrogens with zero attached hydrogens (tertiary/aromatic N) is 1. The zero-order valence-electron chi connectivity index (χ0n) is 13.2. The van der Waals surface area contributed by atoms with Gasteiger partial charge in [-0.2, -0.15) is 0 Å². The molecule has 24 heavy (non-hydrogen) atoms. The Hall–Kier alpha value is -2.73. The number of hydrogen-bond acceptors (Lipinski definition) is 4. The molecule has 0 aliphatic carbocycles. The van der Waals surface area contributed by atoms with Crippen molar-refractivity contribution in [3.8, 4) is 0 Å². The van der Waals surface area contributed by atoms with Crippen molar-refractivity contribution in [2.24, 2.45) is 11.5 Å². The van der Waals surface area contributed by atoms with Gasteiger partial charge in [0.1, 0.15) is 0 Å². The molecule has 1 heterocycles. The first-order valence-corrected chi connectivity index (χ1v) is 7.93. The summed E-state index contributed by atoms with van der Waals surface area (Å²) < 4.78 is 0. The fourth-order valence-corrected chi connectivity index (χ4v) is 3.06.